The van der Waals surface area contributed by atoms with Gasteiger partial charge in [-0.15, -0.1) is 0 Å². The van der Waals surface area contributed by atoms with Crippen molar-refractivity contribution >= 4 is 11.8 Å². The number of fused-ring (bicyclic) bond motifs is 2. The van der Waals surface area contributed by atoms with Gasteiger partial charge < -0.3 is 15.0 Å². The average molecular weight is 300 g/mol. The monoisotopic (exact) mass is 300 g/mol. The summed E-state index contributed by atoms with van der Waals surface area (Å²) in [4.78, 5) is 26.1. The number of amides is 2. The van der Waals surface area contributed by atoms with E-state index in [2.05, 4.69) is 5.32 Å². The molecule has 5 heteroatoms. The maximum absolute atomic E-state index is 12.2. The lowest BCUT2D eigenvalue weighted by Gasteiger charge is -2.39. The van der Waals surface area contributed by atoms with Gasteiger partial charge in [-0.3, -0.25) is 9.59 Å². The molecule has 5 nitrogen and oxygen atoms in total. The number of rotatable bonds is 4. The lowest BCUT2D eigenvalue weighted by atomic mass is 9.76. The van der Waals surface area contributed by atoms with E-state index in [0.29, 0.717) is 31.5 Å². The maximum Gasteiger partial charge on any atom is 0.254 e. The van der Waals surface area contributed by atoms with E-state index in [1.165, 1.54) is 0 Å². The van der Waals surface area contributed by atoms with Gasteiger partial charge in [0.05, 0.1) is 6.10 Å². The van der Waals surface area contributed by atoms with E-state index in [0.717, 1.165) is 30.6 Å². The first kappa shape index (κ1) is 13.8. The van der Waals surface area contributed by atoms with Crippen LogP contribution in [0.3, 0.4) is 0 Å². The number of carbonyl (C=O) groups is 2. The van der Waals surface area contributed by atoms with Crippen LogP contribution in [0.25, 0.3) is 0 Å². The molecular formula is C17H20N2O3. The molecule has 2 fully saturated rings. The van der Waals surface area contributed by atoms with E-state index in [-0.39, 0.29) is 17.9 Å². The molecule has 116 valence electrons. The molecule has 1 saturated heterocycles. The fraction of sp³-hybridized carbons (Fsp3) is 0.529. The topological polar surface area (TPSA) is 58.6 Å². The van der Waals surface area contributed by atoms with Crippen LogP contribution in [-0.2, 0) is 16.1 Å². The van der Waals surface area contributed by atoms with Gasteiger partial charge in [0.25, 0.3) is 5.91 Å². The van der Waals surface area contributed by atoms with Gasteiger partial charge >= 0.3 is 0 Å². The van der Waals surface area contributed by atoms with Crippen LogP contribution in [0.1, 0.15) is 35.2 Å². The summed E-state index contributed by atoms with van der Waals surface area (Å²) in [6, 6.07) is 7.92. The number of nitrogens with zero attached hydrogens (tertiary/aromatic N) is 1. The summed E-state index contributed by atoms with van der Waals surface area (Å²) in [6.45, 7) is 1.92. The van der Waals surface area contributed by atoms with Crippen LogP contribution < -0.4 is 5.32 Å². The van der Waals surface area contributed by atoms with E-state index >= 15 is 0 Å². The molecule has 0 spiro atoms. The normalized spacial score (nSPS) is 29.0. The lowest BCUT2D eigenvalue weighted by molar-refractivity contribution is -0.124. The second-order valence-electron chi connectivity index (χ2n) is 6.41. The summed E-state index contributed by atoms with van der Waals surface area (Å²) in [7, 11) is 0. The second kappa shape index (κ2) is 5.39. The Morgan fingerprint density at radius 2 is 2.23 bits per heavy atom. The van der Waals surface area contributed by atoms with Gasteiger partial charge in [-0.25, -0.2) is 0 Å². The van der Waals surface area contributed by atoms with E-state index in [1.54, 1.807) is 4.90 Å². The van der Waals surface area contributed by atoms with Crippen molar-refractivity contribution in [1.29, 1.82) is 0 Å². The molecule has 1 aromatic rings. The highest BCUT2D eigenvalue weighted by atomic mass is 16.5. The van der Waals surface area contributed by atoms with Crippen LogP contribution in [0.5, 0.6) is 0 Å². The molecule has 4 rings (SSSR count). The molecule has 0 unspecified atom stereocenters. The Balaban J connectivity index is 1.27. The van der Waals surface area contributed by atoms with Crippen LogP contribution >= 0.6 is 0 Å². The summed E-state index contributed by atoms with van der Waals surface area (Å²) < 4.78 is 5.55. The fourth-order valence-electron chi connectivity index (χ4n) is 3.77. The van der Waals surface area contributed by atoms with Crippen molar-refractivity contribution in [3.63, 3.8) is 0 Å². The minimum atomic E-state index is 0.0382. The van der Waals surface area contributed by atoms with E-state index in [4.69, 9.17) is 4.74 Å². The summed E-state index contributed by atoms with van der Waals surface area (Å²) in [5.74, 6) is 0.581. The van der Waals surface area contributed by atoms with Crippen molar-refractivity contribution < 1.29 is 14.3 Å². The molecular weight excluding hydrogens is 280 g/mol. The third-order valence-corrected chi connectivity index (χ3v) is 5.12. The molecule has 3 atom stereocenters. The molecule has 3 aliphatic rings. The molecule has 0 aromatic heterocycles. The number of nitrogens with one attached hydrogen (secondary N) is 1. The predicted octanol–water partition coefficient (Wildman–Crippen LogP) is 1.33. The molecule has 22 heavy (non-hydrogen) atoms. The first-order chi connectivity index (χ1) is 10.7. The smallest absolute Gasteiger partial charge is 0.254 e. The Morgan fingerprint density at radius 1 is 1.36 bits per heavy atom. The summed E-state index contributed by atoms with van der Waals surface area (Å²) in [6.07, 6.45) is 2.72. The number of carbonyl (C=O) groups excluding carboxylic acids is 2. The van der Waals surface area contributed by atoms with Crippen molar-refractivity contribution in [2.45, 2.75) is 38.0 Å². The fourth-order valence-corrected chi connectivity index (χ4v) is 3.77. The SMILES string of the molecule is O=C(CCN1Cc2ccccc2C1=O)N[C@@H]1C[C@@H]2OCC[C@@H]21. The maximum atomic E-state index is 12.2. The quantitative estimate of drug-likeness (QED) is 0.912. The van der Waals surface area contributed by atoms with Gasteiger partial charge in [0.1, 0.15) is 0 Å². The molecule has 2 amide bonds. The first-order valence-corrected chi connectivity index (χ1v) is 8.00. The zero-order valence-corrected chi connectivity index (χ0v) is 12.5. The van der Waals surface area contributed by atoms with Gasteiger partial charge in [0, 0.05) is 43.6 Å². The number of hydrogen-bond donors (Lipinski definition) is 1. The van der Waals surface area contributed by atoms with Gasteiger partial charge in [-0.1, -0.05) is 18.2 Å². The third kappa shape index (κ3) is 2.29. The molecule has 1 aliphatic carbocycles. The molecule has 2 aliphatic heterocycles. The number of hydrogen-bond acceptors (Lipinski definition) is 3. The Bertz CT molecular complexity index is 616. The molecule has 1 aromatic carbocycles. The standard InChI is InChI=1S/C17H20N2O3/c20-16(18-14-9-15-13(14)6-8-22-15)5-7-19-10-11-3-1-2-4-12(11)17(19)21/h1-4,13-15H,5-10H2,(H,18,20)/t13-,14-,15+/m1/s1. The molecule has 0 radical (unpaired) electrons. The zero-order valence-electron chi connectivity index (χ0n) is 12.5. The Labute approximate surface area is 129 Å². The first-order valence-electron chi connectivity index (χ1n) is 8.00. The minimum absolute atomic E-state index is 0.0382. The molecule has 1 saturated carbocycles. The minimum Gasteiger partial charge on any atom is -0.378 e. The van der Waals surface area contributed by atoms with Crippen molar-refractivity contribution in [2.24, 2.45) is 5.92 Å². The van der Waals surface area contributed by atoms with Crippen LogP contribution in [0, 0.1) is 5.92 Å². The highest BCUT2D eigenvalue weighted by molar-refractivity contribution is 5.98. The van der Waals surface area contributed by atoms with Crippen LogP contribution in [0.2, 0.25) is 0 Å². The number of ether oxygens (including phenoxy) is 1. The van der Waals surface area contributed by atoms with Crippen molar-refractivity contribution in [1.82, 2.24) is 10.2 Å². The number of benzene rings is 1. The van der Waals surface area contributed by atoms with Gasteiger partial charge in [-0.05, 0) is 24.5 Å². The van der Waals surface area contributed by atoms with Crippen molar-refractivity contribution in [3.05, 3.63) is 35.4 Å². The molecule has 0 bridgehead atoms. The Morgan fingerprint density at radius 3 is 3.05 bits per heavy atom. The Kier molecular flexibility index (Phi) is 3.37. The third-order valence-electron chi connectivity index (χ3n) is 5.12. The second-order valence-corrected chi connectivity index (χ2v) is 6.41. The van der Waals surface area contributed by atoms with Crippen LogP contribution in [0.4, 0.5) is 0 Å². The molecule has 1 N–H and O–H groups in total. The zero-order chi connectivity index (χ0) is 15.1. The average Bonchev–Trinajstić information content (AvgIpc) is 3.04. The molecule has 2 heterocycles. The van der Waals surface area contributed by atoms with Gasteiger partial charge in [-0.2, -0.15) is 0 Å². The predicted molar refractivity (Wildman–Crippen MR) is 80.2 cm³/mol. The summed E-state index contributed by atoms with van der Waals surface area (Å²) in [5.41, 5.74) is 1.82. The van der Waals surface area contributed by atoms with Crippen LogP contribution in [0.15, 0.2) is 24.3 Å². The van der Waals surface area contributed by atoms with Crippen molar-refractivity contribution in [2.75, 3.05) is 13.2 Å². The highest BCUT2D eigenvalue weighted by Gasteiger charge is 2.45. The Hall–Kier alpha value is -1.88. The van der Waals surface area contributed by atoms with E-state index < -0.39 is 0 Å². The highest BCUT2D eigenvalue weighted by Crippen LogP contribution is 2.38. The van der Waals surface area contributed by atoms with Crippen molar-refractivity contribution in [3.8, 4) is 0 Å². The van der Waals surface area contributed by atoms with Gasteiger partial charge in [0.2, 0.25) is 5.91 Å². The van der Waals surface area contributed by atoms with Crippen LogP contribution in [-0.4, -0.2) is 42.0 Å². The largest absolute Gasteiger partial charge is 0.378 e. The van der Waals surface area contributed by atoms with E-state index in [1.807, 2.05) is 24.3 Å². The lowest BCUT2D eigenvalue weighted by Crippen LogP contribution is -2.53. The van der Waals surface area contributed by atoms with E-state index in [9.17, 15) is 9.59 Å². The van der Waals surface area contributed by atoms with Gasteiger partial charge in [0.15, 0.2) is 0 Å². The summed E-state index contributed by atoms with van der Waals surface area (Å²) >= 11 is 0. The summed E-state index contributed by atoms with van der Waals surface area (Å²) in [5, 5.41) is 3.09.